The van der Waals surface area contributed by atoms with E-state index >= 15 is 0 Å². The lowest BCUT2D eigenvalue weighted by Gasteiger charge is -2.06. The molecule has 0 spiro atoms. The number of nitrogens with zero attached hydrogens (tertiary/aromatic N) is 3. The van der Waals surface area contributed by atoms with Gasteiger partial charge in [-0.3, -0.25) is 4.98 Å². The highest BCUT2D eigenvalue weighted by atomic mass is 32.1. The van der Waals surface area contributed by atoms with Crippen LogP contribution in [0.2, 0.25) is 0 Å². The van der Waals surface area contributed by atoms with Crippen molar-refractivity contribution in [1.82, 2.24) is 15.2 Å². The average molecular weight is 236 g/mol. The van der Waals surface area contributed by atoms with Gasteiger partial charge in [-0.15, -0.1) is 10.2 Å². The fourth-order valence-corrected chi connectivity index (χ4v) is 1.96. The number of anilines is 1. The Kier molecular flexibility index (Phi) is 3.43. The van der Waals surface area contributed by atoms with Gasteiger partial charge >= 0.3 is 0 Å². The molecule has 2 rings (SSSR count). The lowest BCUT2D eigenvalue weighted by Crippen LogP contribution is -2.18. The number of hydrogen-bond acceptors (Lipinski definition) is 6. The smallest absolute Gasteiger partial charge is 0.206 e. The van der Waals surface area contributed by atoms with Gasteiger partial charge in [0.25, 0.3) is 0 Å². The number of hydrogen-bond donors (Lipinski definition) is 2. The Morgan fingerprint density at radius 3 is 3.00 bits per heavy atom. The summed E-state index contributed by atoms with van der Waals surface area (Å²) in [6.45, 7) is 1.94. The van der Waals surface area contributed by atoms with E-state index in [1.807, 2.05) is 25.1 Å². The van der Waals surface area contributed by atoms with Crippen LogP contribution in [0.15, 0.2) is 24.4 Å². The maximum absolute atomic E-state index is 8.90. The zero-order chi connectivity index (χ0) is 11.4. The largest absolute Gasteiger partial charge is 0.394 e. The molecule has 0 aliphatic heterocycles. The molecular weight excluding hydrogens is 224 g/mol. The molecule has 6 heteroatoms. The first kappa shape index (κ1) is 11.0. The van der Waals surface area contributed by atoms with E-state index in [0.717, 1.165) is 10.7 Å². The van der Waals surface area contributed by atoms with E-state index in [9.17, 15) is 0 Å². The van der Waals surface area contributed by atoms with E-state index in [-0.39, 0.29) is 12.6 Å². The summed E-state index contributed by atoms with van der Waals surface area (Å²) in [4.78, 5) is 4.19. The third kappa shape index (κ3) is 2.53. The number of aromatic nitrogens is 3. The van der Waals surface area contributed by atoms with Crippen LogP contribution in [0, 0.1) is 0 Å². The van der Waals surface area contributed by atoms with Crippen LogP contribution in [0.3, 0.4) is 0 Å². The fraction of sp³-hybridized carbons (Fsp3) is 0.300. The molecule has 0 saturated carbocycles. The summed E-state index contributed by atoms with van der Waals surface area (Å²) in [7, 11) is 0. The molecule has 2 heterocycles. The molecule has 0 bridgehead atoms. The van der Waals surface area contributed by atoms with Crippen molar-refractivity contribution in [3.8, 4) is 10.7 Å². The lowest BCUT2D eigenvalue weighted by molar-refractivity contribution is 0.281. The molecule has 0 fully saturated rings. The number of pyridine rings is 1. The SMILES string of the molecule is CC(CO)Nc1nnc(-c2ccccn2)s1. The molecule has 1 atom stereocenters. The molecule has 0 aliphatic carbocycles. The molecule has 0 amide bonds. The quantitative estimate of drug-likeness (QED) is 0.839. The van der Waals surface area contributed by atoms with Crippen molar-refractivity contribution in [3.05, 3.63) is 24.4 Å². The molecule has 16 heavy (non-hydrogen) atoms. The van der Waals surface area contributed by atoms with Crippen LogP contribution in [0.5, 0.6) is 0 Å². The highest BCUT2D eigenvalue weighted by Crippen LogP contribution is 2.24. The van der Waals surface area contributed by atoms with Crippen molar-refractivity contribution in [3.63, 3.8) is 0 Å². The van der Waals surface area contributed by atoms with Crippen molar-refractivity contribution < 1.29 is 5.11 Å². The van der Waals surface area contributed by atoms with E-state index in [1.165, 1.54) is 11.3 Å². The van der Waals surface area contributed by atoms with Crippen LogP contribution in [0.25, 0.3) is 10.7 Å². The van der Waals surface area contributed by atoms with Crippen LogP contribution in [-0.2, 0) is 0 Å². The minimum absolute atomic E-state index is 0.0236. The molecule has 1 unspecified atom stereocenters. The van der Waals surface area contributed by atoms with Gasteiger partial charge in [0.1, 0.15) is 5.69 Å². The summed E-state index contributed by atoms with van der Waals surface area (Å²) in [5, 5.41) is 21.4. The Bertz CT molecular complexity index is 445. The van der Waals surface area contributed by atoms with E-state index in [1.54, 1.807) is 6.20 Å². The molecule has 0 saturated heterocycles. The van der Waals surface area contributed by atoms with Gasteiger partial charge in [-0.1, -0.05) is 17.4 Å². The fourth-order valence-electron chi connectivity index (χ4n) is 1.13. The van der Waals surface area contributed by atoms with Crippen molar-refractivity contribution in [1.29, 1.82) is 0 Å². The van der Waals surface area contributed by atoms with Crippen molar-refractivity contribution in [2.24, 2.45) is 0 Å². The first-order chi connectivity index (χ1) is 7.79. The number of rotatable bonds is 4. The van der Waals surface area contributed by atoms with Gasteiger partial charge in [-0.2, -0.15) is 0 Å². The Morgan fingerprint density at radius 2 is 2.31 bits per heavy atom. The van der Waals surface area contributed by atoms with Gasteiger partial charge in [0.15, 0.2) is 5.01 Å². The predicted molar refractivity (Wildman–Crippen MR) is 63.3 cm³/mol. The van der Waals surface area contributed by atoms with Crippen LogP contribution in [-0.4, -0.2) is 32.9 Å². The minimum Gasteiger partial charge on any atom is -0.394 e. The summed E-state index contributed by atoms with van der Waals surface area (Å²) in [6, 6.07) is 5.63. The van der Waals surface area contributed by atoms with Crippen molar-refractivity contribution in [2.45, 2.75) is 13.0 Å². The maximum atomic E-state index is 8.90. The molecule has 2 aromatic heterocycles. The lowest BCUT2D eigenvalue weighted by atomic mass is 10.4. The summed E-state index contributed by atoms with van der Waals surface area (Å²) in [6.07, 6.45) is 1.72. The van der Waals surface area contributed by atoms with Crippen LogP contribution >= 0.6 is 11.3 Å². The van der Waals surface area contributed by atoms with Crippen molar-refractivity contribution >= 4 is 16.5 Å². The molecule has 5 nitrogen and oxygen atoms in total. The molecule has 2 aromatic rings. The Labute approximate surface area is 97.2 Å². The summed E-state index contributed by atoms with van der Waals surface area (Å²) < 4.78 is 0. The summed E-state index contributed by atoms with van der Waals surface area (Å²) >= 11 is 1.42. The third-order valence-electron chi connectivity index (χ3n) is 1.95. The molecule has 2 N–H and O–H groups in total. The summed E-state index contributed by atoms with van der Waals surface area (Å²) in [5.41, 5.74) is 0.810. The molecule has 0 aliphatic rings. The second kappa shape index (κ2) is 5.00. The Hall–Kier alpha value is -1.53. The van der Waals surface area contributed by atoms with Gasteiger partial charge in [0.05, 0.1) is 6.61 Å². The Balaban J connectivity index is 2.14. The normalized spacial score (nSPS) is 12.4. The number of aliphatic hydroxyl groups is 1. The number of aliphatic hydroxyl groups excluding tert-OH is 1. The molecular formula is C10H12N4OS. The van der Waals surface area contributed by atoms with Gasteiger partial charge in [-0.25, -0.2) is 0 Å². The topological polar surface area (TPSA) is 70.9 Å². The minimum atomic E-state index is -0.0236. The van der Waals surface area contributed by atoms with Gasteiger partial charge < -0.3 is 10.4 Å². The highest BCUT2D eigenvalue weighted by molar-refractivity contribution is 7.18. The van der Waals surface area contributed by atoms with Crippen molar-refractivity contribution in [2.75, 3.05) is 11.9 Å². The maximum Gasteiger partial charge on any atom is 0.206 e. The third-order valence-corrected chi connectivity index (χ3v) is 2.83. The van der Waals surface area contributed by atoms with Crippen LogP contribution < -0.4 is 5.32 Å². The average Bonchev–Trinajstić information content (AvgIpc) is 2.78. The first-order valence-corrected chi connectivity index (χ1v) is 5.73. The zero-order valence-electron chi connectivity index (χ0n) is 8.79. The Morgan fingerprint density at radius 1 is 1.44 bits per heavy atom. The van der Waals surface area contributed by atoms with Gasteiger partial charge in [0.2, 0.25) is 5.13 Å². The highest BCUT2D eigenvalue weighted by Gasteiger charge is 2.08. The number of nitrogens with one attached hydrogen (secondary N) is 1. The predicted octanol–water partition coefficient (Wildman–Crippen LogP) is 1.39. The van der Waals surface area contributed by atoms with Gasteiger partial charge in [-0.05, 0) is 19.1 Å². The molecule has 0 radical (unpaired) electrons. The standard InChI is InChI=1S/C10H12N4OS/c1-7(6-15)12-10-14-13-9(16-10)8-4-2-3-5-11-8/h2-5,7,15H,6H2,1H3,(H,12,14). The van der Waals surface area contributed by atoms with E-state index in [2.05, 4.69) is 20.5 Å². The molecule has 0 aromatic carbocycles. The molecule has 84 valence electrons. The van der Waals surface area contributed by atoms with Gasteiger partial charge in [0, 0.05) is 12.2 Å². The summed E-state index contributed by atoms with van der Waals surface area (Å²) in [5.74, 6) is 0. The van der Waals surface area contributed by atoms with E-state index in [0.29, 0.717) is 5.13 Å². The first-order valence-electron chi connectivity index (χ1n) is 4.92. The van der Waals surface area contributed by atoms with Crippen LogP contribution in [0.4, 0.5) is 5.13 Å². The van der Waals surface area contributed by atoms with E-state index < -0.39 is 0 Å². The van der Waals surface area contributed by atoms with Crippen LogP contribution in [0.1, 0.15) is 6.92 Å². The second-order valence-corrected chi connectivity index (χ2v) is 4.33. The second-order valence-electron chi connectivity index (χ2n) is 3.36. The monoisotopic (exact) mass is 236 g/mol. The zero-order valence-corrected chi connectivity index (χ0v) is 9.61. The van der Waals surface area contributed by atoms with E-state index in [4.69, 9.17) is 5.11 Å².